The molecule has 0 bridgehead atoms. The first kappa shape index (κ1) is 13.2. The Hall–Kier alpha value is -0.880. The first-order chi connectivity index (χ1) is 7.39. The van der Waals surface area contributed by atoms with Crippen molar-refractivity contribution in [2.24, 2.45) is 5.92 Å². The summed E-state index contributed by atoms with van der Waals surface area (Å²) in [7, 11) is -3.04. The van der Waals surface area contributed by atoms with E-state index in [0.29, 0.717) is 12.5 Å². The van der Waals surface area contributed by atoms with Crippen LogP contribution in [0.4, 0.5) is 0 Å². The van der Waals surface area contributed by atoms with Gasteiger partial charge in [-0.05, 0) is 5.92 Å². The molecule has 0 spiro atoms. The molecular weight excluding hydrogens is 228 g/mol. The minimum absolute atomic E-state index is 0.0461. The second kappa shape index (κ2) is 5.45. The van der Waals surface area contributed by atoms with Gasteiger partial charge >= 0.3 is 0 Å². The summed E-state index contributed by atoms with van der Waals surface area (Å²) in [6.45, 7) is 4.82. The molecule has 0 saturated heterocycles. The van der Waals surface area contributed by atoms with Gasteiger partial charge in [0.15, 0.2) is 9.84 Å². The molecule has 1 rings (SSSR count). The summed E-state index contributed by atoms with van der Waals surface area (Å²) < 4.78 is 22.1. The van der Waals surface area contributed by atoms with Gasteiger partial charge in [0.05, 0.1) is 12.3 Å². The Kier molecular flexibility index (Phi) is 4.49. The van der Waals surface area contributed by atoms with Crippen molar-refractivity contribution < 1.29 is 13.2 Å². The Labute approximate surface area is 96.2 Å². The third-order valence-electron chi connectivity index (χ3n) is 2.16. The molecule has 0 aromatic rings. The zero-order chi connectivity index (χ0) is 12.2. The smallest absolute Gasteiger partial charge is 0.233 e. The van der Waals surface area contributed by atoms with Gasteiger partial charge in [-0.1, -0.05) is 19.9 Å². The van der Waals surface area contributed by atoms with Crippen molar-refractivity contribution in [3.8, 4) is 0 Å². The predicted octanol–water partition coefficient (Wildman–Crippen LogP) is -0.341. The Bertz CT molecular complexity index is 374. The first-order valence-corrected chi connectivity index (χ1v) is 7.01. The lowest BCUT2D eigenvalue weighted by Gasteiger charge is -2.11. The normalized spacial score (nSPS) is 22.6. The number of amides is 1. The summed E-state index contributed by atoms with van der Waals surface area (Å²) in [4.78, 5) is 11.3. The van der Waals surface area contributed by atoms with E-state index >= 15 is 0 Å². The van der Waals surface area contributed by atoms with E-state index in [-0.39, 0.29) is 24.2 Å². The van der Waals surface area contributed by atoms with E-state index in [0.717, 1.165) is 0 Å². The highest BCUT2D eigenvalue weighted by molar-refractivity contribution is 7.94. The molecule has 1 unspecified atom stereocenters. The molecule has 2 N–H and O–H groups in total. The summed E-state index contributed by atoms with van der Waals surface area (Å²) >= 11 is 0. The fraction of sp³-hybridized carbons (Fsp3) is 0.700. The summed E-state index contributed by atoms with van der Waals surface area (Å²) in [5.74, 6) is 0.354. The predicted molar refractivity (Wildman–Crippen MR) is 62.6 cm³/mol. The van der Waals surface area contributed by atoms with Gasteiger partial charge in [-0.3, -0.25) is 4.79 Å². The van der Waals surface area contributed by atoms with Crippen molar-refractivity contribution in [3.05, 3.63) is 11.5 Å². The van der Waals surface area contributed by atoms with Crippen molar-refractivity contribution >= 4 is 15.7 Å². The van der Waals surface area contributed by atoms with Crippen LogP contribution in [0.3, 0.4) is 0 Å². The zero-order valence-corrected chi connectivity index (χ0v) is 10.4. The third kappa shape index (κ3) is 4.76. The summed E-state index contributed by atoms with van der Waals surface area (Å²) in [6.07, 6.45) is 1.57. The van der Waals surface area contributed by atoms with E-state index in [4.69, 9.17) is 0 Å². The van der Waals surface area contributed by atoms with Crippen LogP contribution in [0.15, 0.2) is 11.5 Å². The van der Waals surface area contributed by atoms with Crippen LogP contribution in [0.25, 0.3) is 0 Å². The molecule has 6 heteroatoms. The number of rotatable bonds is 5. The van der Waals surface area contributed by atoms with Crippen LogP contribution in [-0.4, -0.2) is 39.2 Å². The van der Waals surface area contributed by atoms with Crippen LogP contribution >= 0.6 is 0 Å². The first-order valence-electron chi connectivity index (χ1n) is 5.30. The van der Waals surface area contributed by atoms with Gasteiger partial charge in [0.25, 0.3) is 0 Å². The van der Waals surface area contributed by atoms with E-state index < -0.39 is 9.84 Å². The Morgan fingerprint density at radius 2 is 2.19 bits per heavy atom. The second-order valence-corrected chi connectivity index (χ2v) is 6.27. The highest BCUT2D eigenvalue weighted by Crippen LogP contribution is 2.07. The van der Waals surface area contributed by atoms with Gasteiger partial charge in [-0.2, -0.15) is 0 Å². The summed E-state index contributed by atoms with van der Waals surface area (Å²) in [5, 5.41) is 6.83. The number of sulfone groups is 1. The number of carbonyl (C=O) groups excluding carboxylic acids is 1. The maximum atomic E-state index is 11.3. The van der Waals surface area contributed by atoms with Crippen molar-refractivity contribution in [1.29, 1.82) is 0 Å². The standard InChI is InChI=1S/C10H18N2O3S/c1-8(2)5-12-10(13)6-11-9-3-4-16(14,15)7-9/h3-4,8-9,11H,5-7H2,1-2H3,(H,12,13). The van der Waals surface area contributed by atoms with E-state index in [1.807, 2.05) is 13.8 Å². The summed E-state index contributed by atoms with van der Waals surface area (Å²) in [5.41, 5.74) is 0. The number of nitrogens with one attached hydrogen (secondary N) is 2. The maximum absolute atomic E-state index is 11.3. The Morgan fingerprint density at radius 1 is 1.50 bits per heavy atom. The van der Waals surface area contributed by atoms with Crippen LogP contribution in [0.1, 0.15) is 13.8 Å². The number of carbonyl (C=O) groups is 1. The third-order valence-corrected chi connectivity index (χ3v) is 3.56. The lowest BCUT2D eigenvalue weighted by atomic mass is 10.2. The quantitative estimate of drug-likeness (QED) is 0.696. The van der Waals surface area contributed by atoms with Gasteiger partial charge in [0, 0.05) is 18.0 Å². The largest absolute Gasteiger partial charge is 0.355 e. The van der Waals surface area contributed by atoms with Crippen LogP contribution in [0.5, 0.6) is 0 Å². The van der Waals surface area contributed by atoms with E-state index in [1.165, 1.54) is 5.41 Å². The van der Waals surface area contributed by atoms with E-state index in [2.05, 4.69) is 10.6 Å². The molecule has 5 nitrogen and oxygen atoms in total. The molecule has 0 radical (unpaired) electrons. The SMILES string of the molecule is CC(C)CNC(=O)CNC1C=CS(=O)(=O)C1. The van der Waals surface area contributed by atoms with Gasteiger partial charge < -0.3 is 10.6 Å². The monoisotopic (exact) mass is 246 g/mol. The molecule has 0 aliphatic carbocycles. The van der Waals surface area contributed by atoms with Crippen molar-refractivity contribution in [3.63, 3.8) is 0 Å². The summed E-state index contributed by atoms with van der Waals surface area (Å²) in [6, 6.07) is -0.241. The lowest BCUT2D eigenvalue weighted by molar-refractivity contribution is -0.120. The topological polar surface area (TPSA) is 75.3 Å². The molecule has 92 valence electrons. The minimum Gasteiger partial charge on any atom is -0.355 e. The fourth-order valence-electron chi connectivity index (χ4n) is 1.31. The van der Waals surface area contributed by atoms with Crippen LogP contribution in [-0.2, 0) is 14.6 Å². The molecular formula is C10H18N2O3S. The van der Waals surface area contributed by atoms with E-state index in [9.17, 15) is 13.2 Å². The second-order valence-electron chi connectivity index (χ2n) is 4.34. The molecule has 0 aromatic carbocycles. The zero-order valence-electron chi connectivity index (χ0n) is 9.56. The average Bonchev–Trinajstić information content (AvgIpc) is 2.52. The van der Waals surface area contributed by atoms with Crippen molar-refractivity contribution in [2.75, 3.05) is 18.8 Å². The Balaban J connectivity index is 2.21. The Morgan fingerprint density at radius 3 is 2.69 bits per heavy atom. The highest BCUT2D eigenvalue weighted by atomic mass is 32.2. The van der Waals surface area contributed by atoms with Crippen LogP contribution < -0.4 is 10.6 Å². The minimum atomic E-state index is -3.04. The van der Waals surface area contributed by atoms with Gasteiger partial charge in [-0.15, -0.1) is 0 Å². The van der Waals surface area contributed by atoms with Gasteiger partial charge in [0.2, 0.25) is 5.91 Å². The van der Waals surface area contributed by atoms with Crippen LogP contribution in [0.2, 0.25) is 0 Å². The van der Waals surface area contributed by atoms with Crippen molar-refractivity contribution in [2.45, 2.75) is 19.9 Å². The molecule has 1 aliphatic rings. The molecule has 16 heavy (non-hydrogen) atoms. The molecule has 1 heterocycles. The molecule has 1 atom stereocenters. The number of hydrogen-bond donors (Lipinski definition) is 2. The van der Waals surface area contributed by atoms with Crippen LogP contribution in [0, 0.1) is 5.92 Å². The van der Waals surface area contributed by atoms with Crippen molar-refractivity contribution in [1.82, 2.24) is 10.6 Å². The maximum Gasteiger partial charge on any atom is 0.233 e. The van der Waals surface area contributed by atoms with Gasteiger partial charge in [0.1, 0.15) is 0 Å². The van der Waals surface area contributed by atoms with E-state index in [1.54, 1.807) is 6.08 Å². The molecule has 0 aromatic heterocycles. The van der Waals surface area contributed by atoms with Gasteiger partial charge in [-0.25, -0.2) is 8.42 Å². The number of hydrogen-bond acceptors (Lipinski definition) is 4. The fourth-order valence-corrected chi connectivity index (χ4v) is 2.58. The molecule has 0 saturated carbocycles. The molecule has 0 fully saturated rings. The average molecular weight is 246 g/mol. The molecule has 1 aliphatic heterocycles. The highest BCUT2D eigenvalue weighted by Gasteiger charge is 2.21. The molecule has 1 amide bonds. The lowest BCUT2D eigenvalue weighted by Crippen LogP contribution is -2.40.